The molecular formula is C18H18ClN3O3. The number of amides is 3. The maximum Gasteiger partial charge on any atom is 0.269 e. The Bertz CT molecular complexity index is 758. The van der Waals surface area contributed by atoms with Crippen molar-refractivity contribution in [1.82, 2.24) is 10.9 Å². The van der Waals surface area contributed by atoms with Gasteiger partial charge in [-0.15, -0.1) is 0 Å². The predicted molar refractivity (Wildman–Crippen MR) is 96.4 cm³/mol. The average Bonchev–Trinajstić information content (AvgIpc) is 2.61. The Hall–Kier alpha value is -2.86. The molecule has 0 fully saturated rings. The van der Waals surface area contributed by atoms with E-state index in [0.717, 1.165) is 6.42 Å². The highest BCUT2D eigenvalue weighted by molar-refractivity contribution is 6.30. The van der Waals surface area contributed by atoms with Gasteiger partial charge in [-0.1, -0.05) is 18.5 Å². The van der Waals surface area contributed by atoms with Crippen molar-refractivity contribution >= 4 is 35.0 Å². The Labute approximate surface area is 150 Å². The third-order valence-corrected chi connectivity index (χ3v) is 3.56. The first kappa shape index (κ1) is 18.5. The number of hydrogen-bond acceptors (Lipinski definition) is 3. The zero-order valence-electron chi connectivity index (χ0n) is 13.6. The van der Waals surface area contributed by atoms with Crippen LogP contribution in [0.3, 0.4) is 0 Å². The summed E-state index contributed by atoms with van der Waals surface area (Å²) in [7, 11) is 0. The molecule has 0 aliphatic heterocycles. The zero-order valence-corrected chi connectivity index (χ0v) is 14.4. The topological polar surface area (TPSA) is 87.3 Å². The van der Waals surface area contributed by atoms with Crippen molar-refractivity contribution in [3.05, 3.63) is 64.7 Å². The van der Waals surface area contributed by atoms with E-state index in [1.54, 1.807) is 48.5 Å². The van der Waals surface area contributed by atoms with Gasteiger partial charge in [-0.2, -0.15) is 0 Å². The second-order valence-electron chi connectivity index (χ2n) is 5.29. The van der Waals surface area contributed by atoms with Gasteiger partial charge in [0.2, 0.25) is 5.91 Å². The first-order valence-electron chi connectivity index (χ1n) is 7.75. The summed E-state index contributed by atoms with van der Waals surface area (Å²) in [5, 5.41) is 3.25. The Morgan fingerprint density at radius 2 is 1.32 bits per heavy atom. The van der Waals surface area contributed by atoms with Crippen molar-refractivity contribution in [2.24, 2.45) is 0 Å². The van der Waals surface area contributed by atoms with E-state index in [1.165, 1.54) is 0 Å². The average molecular weight is 360 g/mol. The van der Waals surface area contributed by atoms with Gasteiger partial charge in [-0.3, -0.25) is 25.2 Å². The molecule has 0 bridgehead atoms. The zero-order chi connectivity index (χ0) is 18.2. The Morgan fingerprint density at radius 3 is 1.80 bits per heavy atom. The van der Waals surface area contributed by atoms with Crippen LogP contribution in [-0.2, 0) is 4.79 Å². The third-order valence-electron chi connectivity index (χ3n) is 3.30. The molecule has 130 valence electrons. The summed E-state index contributed by atoms with van der Waals surface area (Å²) in [5.74, 6) is -0.989. The highest BCUT2D eigenvalue weighted by Crippen LogP contribution is 2.11. The van der Waals surface area contributed by atoms with Crippen LogP contribution in [0.15, 0.2) is 48.5 Å². The molecule has 0 aliphatic carbocycles. The summed E-state index contributed by atoms with van der Waals surface area (Å²) in [5.41, 5.74) is 6.00. The number of rotatable bonds is 5. The number of anilines is 1. The van der Waals surface area contributed by atoms with Crippen LogP contribution in [-0.4, -0.2) is 17.7 Å². The quantitative estimate of drug-likeness (QED) is 0.716. The van der Waals surface area contributed by atoms with Crippen LogP contribution in [0, 0.1) is 0 Å². The first-order chi connectivity index (χ1) is 12.0. The highest BCUT2D eigenvalue weighted by atomic mass is 35.5. The first-order valence-corrected chi connectivity index (χ1v) is 8.13. The van der Waals surface area contributed by atoms with E-state index in [4.69, 9.17) is 11.6 Å². The fraction of sp³-hybridized carbons (Fsp3) is 0.167. The van der Waals surface area contributed by atoms with Crippen LogP contribution in [0.5, 0.6) is 0 Å². The molecule has 0 unspecified atom stereocenters. The summed E-state index contributed by atoms with van der Waals surface area (Å²) < 4.78 is 0. The molecule has 0 aliphatic rings. The van der Waals surface area contributed by atoms with E-state index in [9.17, 15) is 14.4 Å². The molecule has 0 saturated carbocycles. The lowest BCUT2D eigenvalue weighted by molar-refractivity contribution is -0.116. The van der Waals surface area contributed by atoms with E-state index in [-0.39, 0.29) is 5.91 Å². The molecule has 3 N–H and O–H groups in total. The smallest absolute Gasteiger partial charge is 0.269 e. The Kier molecular flexibility index (Phi) is 6.54. The molecule has 0 spiro atoms. The van der Waals surface area contributed by atoms with Gasteiger partial charge in [0.1, 0.15) is 0 Å². The van der Waals surface area contributed by atoms with Gasteiger partial charge in [-0.25, -0.2) is 0 Å². The summed E-state index contributed by atoms with van der Waals surface area (Å²) in [4.78, 5) is 35.5. The highest BCUT2D eigenvalue weighted by Gasteiger charge is 2.09. The Balaban J connectivity index is 1.89. The number of halogens is 1. The SMILES string of the molecule is CCCC(=O)Nc1ccc(C(=O)NNC(=O)c2ccc(Cl)cc2)cc1. The Morgan fingerprint density at radius 1 is 0.840 bits per heavy atom. The van der Waals surface area contributed by atoms with Crippen LogP contribution in [0.25, 0.3) is 0 Å². The van der Waals surface area contributed by atoms with Crippen LogP contribution in [0.2, 0.25) is 5.02 Å². The molecule has 2 aromatic carbocycles. The van der Waals surface area contributed by atoms with Crippen molar-refractivity contribution in [2.45, 2.75) is 19.8 Å². The van der Waals surface area contributed by atoms with Gasteiger partial charge >= 0.3 is 0 Å². The summed E-state index contributed by atoms with van der Waals surface area (Å²) in [6, 6.07) is 12.7. The van der Waals surface area contributed by atoms with E-state index in [2.05, 4.69) is 16.2 Å². The molecule has 0 radical (unpaired) electrons. The van der Waals surface area contributed by atoms with Crippen molar-refractivity contribution in [3.8, 4) is 0 Å². The van der Waals surface area contributed by atoms with Gasteiger partial charge in [0, 0.05) is 28.3 Å². The molecule has 6 nitrogen and oxygen atoms in total. The number of benzene rings is 2. The third kappa shape index (κ3) is 5.61. The second kappa shape index (κ2) is 8.84. The fourth-order valence-corrected chi connectivity index (χ4v) is 2.14. The fourth-order valence-electron chi connectivity index (χ4n) is 2.01. The molecule has 0 heterocycles. The molecule has 0 saturated heterocycles. The van der Waals surface area contributed by atoms with Crippen LogP contribution < -0.4 is 16.2 Å². The molecule has 7 heteroatoms. The van der Waals surface area contributed by atoms with Crippen LogP contribution >= 0.6 is 11.6 Å². The van der Waals surface area contributed by atoms with E-state index < -0.39 is 11.8 Å². The van der Waals surface area contributed by atoms with Gasteiger partial charge in [0.05, 0.1) is 0 Å². The maximum atomic E-state index is 12.0. The number of carbonyl (C=O) groups excluding carboxylic acids is 3. The van der Waals surface area contributed by atoms with Gasteiger partial charge in [0.15, 0.2) is 0 Å². The number of nitrogens with one attached hydrogen (secondary N) is 3. The number of carbonyl (C=O) groups is 3. The summed E-state index contributed by atoms with van der Waals surface area (Å²) >= 11 is 5.76. The minimum Gasteiger partial charge on any atom is -0.326 e. The maximum absolute atomic E-state index is 12.0. The molecule has 2 rings (SSSR count). The van der Waals surface area contributed by atoms with Crippen molar-refractivity contribution in [1.29, 1.82) is 0 Å². The molecule has 0 atom stereocenters. The molecule has 25 heavy (non-hydrogen) atoms. The monoisotopic (exact) mass is 359 g/mol. The lowest BCUT2D eigenvalue weighted by atomic mass is 10.2. The number of hydrogen-bond donors (Lipinski definition) is 3. The van der Waals surface area contributed by atoms with Crippen molar-refractivity contribution < 1.29 is 14.4 Å². The normalized spacial score (nSPS) is 10.0. The van der Waals surface area contributed by atoms with Gasteiger partial charge < -0.3 is 5.32 Å². The minimum absolute atomic E-state index is 0.0741. The lowest BCUT2D eigenvalue weighted by Crippen LogP contribution is -2.41. The minimum atomic E-state index is -0.464. The van der Waals surface area contributed by atoms with Crippen LogP contribution in [0.4, 0.5) is 5.69 Å². The molecule has 2 aromatic rings. The van der Waals surface area contributed by atoms with E-state index >= 15 is 0 Å². The summed E-state index contributed by atoms with van der Waals surface area (Å²) in [6.07, 6.45) is 1.21. The second-order valence-corrected chi connectivity index (χ2v) is 5.73. The van der Waals surface area contributed by atoms with Gasteiger partial charge in [0.25, 0.3) is 11.8 Å². The summed E-state index contributed by atoms with van der Waals surface area (Å²) in [6.45, 7) is 1.92. The van der Waals surface area contributed by atoms with E-state index in [0.29, 0.717) is 28.3 Å². The number of hydrazine groups is 1. The lowest BCUT2D eigenvalue weighted by Gasteiger charge is -2.09. The van der Waals surface area contributed by atoms with Crippen LogP contribution in [0.1, 0.15) is 40.5 Å². The molecule has 0 aromatic heterocycles. The molecular weight excluding hydrogens is 342 g/mol. The van der Waals surface area contributed by atoms with Gasteiger partial charge in [-0.05, 0) is 55.0 Å². The van der Waals surface area contributed by atoms with Crippen molar-refractivity contribution in [3.63, 3.8) is 0 Å². The largest absolute Gasteiger partial charge is 0.326 e. The predicted octanol–water partition coefficient (Wildman–Crippen LogP) is 3.15. The standard InChI is InChI=1S/C18H18ClN3O3/c1-2-3-16(23)20-15-10-6-13(7-11-15)18(25)22-21-17(24)12-4-8-14(19)9-5-12/h4-11H,2-3H2,1H3,(H,20,23)(H,21,24)(H,22,25). The van der Waals surface area contributed by atoms with Crippen molar-refractivity contribution in [2.75, 3.05) is 5.32 Å². The van der Waals surface area contributed by atoms with E-state index in [1.807, 2.05) is 6.92 Å². The molecule has 3 amide bonds.